The minimum atomic E-state index is 0.604. The van der Waals surface area contributed by atoms with Gasteiger partial charge in [-0.1, -0.05) is 50.2 Å². The Morgan fingerprint density at radius 2 is 1.36 bits per heavy atom. The zero-order valence-electron chi connectivity index (χ0n) is 9.04. The molecule has 0 bridgehead atoms. The van der Waals surface area contributed by atoms with Gasteiger partial charge in [0, 0.05) is 0 Å². The molecule has 72 valence electrons. The van der Waals surface area contributed by atoms with Crippen LogP contribution in [0.2, 0.25) is 0 Å². The van der Waals surface area contributed by atoms with E-state index in [2.05, 4.69) is 57.2 Å². The van der Waals surface area contributed by atoms with Crippen molar-refractivity contribution in [3.05, 3.63) is 47.5 Å². The summed E-state index contributed by atoms with van der Waals surface area (Å²) in [6.07, 6.45) is 0. The molecule has 0 heteroatoms. The second-order valence-corrected chi connectivity index (χ2v) is 4.26. The largest absolute Gasteiger partial charge is 0.0587 e. The Hall–Kier alpha value is -1.30. The van der Waals surface area contributed by atoms with E-state index in [-0.39, 0.29) is 0 Å². The van der Waals surface area contributed by atoms with Crippen LogP contribution in [0, 0.1) is 6.92 Å². The van der Waals surface area contributed by atoms with Crippen molar-refractivity contribution in [1.82, 2.24) is 0 Å². The van der Waals surface area contributed by atoms with Crippen molar-refractivity contribution in [2.24, 2.45) is 0 Å². The Kier molecular flexibility index (Phi) is 2.28. The molecule has 0 aromatic rings. The number of fused-ring (bicyclic) bond motifs is 1. The van der Waals surface area contributed by atoms with E-state index in [1.165, 1.54) is 22.3 Å². The molecule has 0 unspecified atom stereocenters. The molecule has 0 aromatic heterocycles. The molecule has 0 saturated heterocycles. The van der Waals surface area contributed by atoms with Crippen LogP contribution < -0.4 is 0 Å². The fraction of sp³-hybridized carbons (Fsp3) is 0.286. The molecular formula is C14H16. The van der Waals surface area contributed by atoms with Crippen LogP contribution in [0.25, 0.3) is 11.1 Å². The van der Waals surface area contributed by atoms with Gasteiger partial charge in [0.1, 0.15) is 0 Å². The minimum Gasteiger partial charge on any atom is -0.0587 e. The lowest BCUT2D eigenvalue weighted by molar-refractivity contribution is 0.868. The molecule has 0 heterocycles. The van der Waals surface area contributed by atoms with Gasteiger partial charge >= 0.3 is 0 Å². The van der Waals surface area contributed by atoms with Gasteiger partial charge in [-0.25, -0.2) is 0 Å². The number of hydrogen-bond acceptors (Lipinski definition) is 0. The van der Waals surface area contributed by atoms with Gasteiger partial charge in [-0.05, 0) is 35.1 Å². The van der Waals surface area contributed by atoms with Gasteiger partial charge in [0.25, 0.3) is 0 Å². The highest BCUT2D eigenvalue weighted by molar-refractivity contribution is 5.68. The van der Waals surface area contributed by atoms with Crippen molar-refractivity contribution in [3.8, 4) is 11.1 Å². The Morgan fingerprint density at radius 1 is 0.857 bits per heavy atom. The maximum absolute atomic E-state index is 2.24. The summed E-state index contributed by atoms with van der Waals surface area (Å²) in [5.74, 6) is 0.604. The second kappa shape index (κ2) is 3.45. The van der Waals surface area contributed by atoms with Crippen molar-refractivity contribution >= 4 is 0 Å². The maximum Gasteiger partial charge on any atom is -0.0181 e. The molecule has 0 saturated carbocycles. The van der Waals surface area contributed by atoms with Crippen LogP contribution in [0.4, 0.5) is 0 Å². The average molecular weight is 184 g/mol. The molecular weight excluding hydrogens is 168 g/mol. The van der Waals surface area contributed by atoms with E-state index in [1.54, 1.807) is 0 Å². The Bertz CT molecular complexity index is 379. The Labute approximate surface area is 85.9 Å². The molecule has 0 aromatic carbocycles. The highest BCUT2D eigenvalue weighted by Gasteiger charge is 2.03. The molecule has 0 radical (unpaired) electrons. The van der Waals surface area contributed by atoms with Crippen molar-refractivity contribution in [1.29, 1.82) is 0 Å². The Morgan fingerprint density at radius 3 is 1.79 bits per heavy atom. The molecule has 0 amide bonds. The van der Waals surface area contributed by atoms with Crippen molar-refractivity contribution in [3.63, 3.8) is 0 Å². The first-order valence-corrected chi connectivity index (χ1v) is 5.17. The number of hydrogen-bond donors (Lipinski definition) is 0. The number of aryl methyl sites for hydroxylation is 1. The van der Waals surface area contributed by atoms with Crippen LogP contribution in [0.1, 0.15) is 30.9 Å². The summed E-state index contributed by atoms with van der Waals surface area (Å²) in [5.41, 5.74) is 5.43. The van der Waals surface area contributed by atoms with Crippen LogP contribution in [-0.4, -0.2) is 0 Å². The van der Waals surface area contributed by atoms with E-state index >= 15 is 0 Å². The maximum atomic E-state index is 2.24. The van der Waals surface area contributed by atoms with Crippen LogP contribution >= 0.6 is 0 Å². The van der Waals surface area contributed by atoms with Crippen molar-refractivity contribution in [2.75, 3.05) is 0 Å². The first-order chi connectivity index (χ1) is 6.66. The zero-order valence-corrected chi connectivity index (χ0v) is 9.04. The zero-order chi connectivity index (χ0) is 10.1. The molecule has 2 rings (SSSR count). The normalized spacial score (nSPS) is 11.1. The smallest absolute Gasteiger partial charge is 0.0181 e. The third-order valence-corrected chi connectivity index (χ3v) is 2.68. The predicted octanol–water partition coefficient (Wildman–Crippen LogP) is 4.22. The summed E-state index contributed by atoms with van der Waals surface area (Å²) < 4.78 is 0. The quantitative estimate of drug-likeness (QED) is 0.622. The summed E-state index contributed by atoms with van der Waals surface area (Å²) in [6, 6.07) is 13.4. The van der Waals surface area contributed by atoms with E-state index < -0.39 is 0 Å². The van der Waals surface area contributed by atoms with Crippen molar-refractivity contribution in [2.45, 2.75) is 26.7 Å². The van der Waals surface area contributed by atoms with Gasteiger partial charge in [-0.15, -0.1) is 0 Å². The molecule has 14 heavy (non-hydrogen) atoms. The summed E-state index contributed by atoms with van der Waals surface area (Å²) in [7, 11) is 0. The van der Waals surface area contributed by atoms with Gasteiger partial charge in [-0.3, -0.25) is 0 Å². The minimum absolute atomic E-state index is 0.604. The monoisotopic (exact) mass is 184 g/mol. The standard InChI is InChI=1S/C14H16/c1-10(2)12-4-6-13-8-11(3)9-14(13)7-5-12/h4-10H,1-3H3. The van der Waals surface area contributed by atoms with E-state index in [4.69, 9.17) is 0 Å². The van der Waals surface area contributed by atoms with E-state index in [0.29, 0.717) is 5.92 Å². The van der Waals surface area contributed by atoms with Crippen LogP contribution in [-0.2, 0) is 0 Å². The van der Waals surface area contributed by atoms with Crippen LogP contribution in [0.3, 0.4) is 0 Å². The first-order valence-electron chi connectivity index (χ1n) is 5.17. The van der Waals surface area contributed by atoms with E-state index in [0.717, 1.165) is 0 Å². The van der Waals surface area contributed by atoms with Gasteiger partial charge in [0.15, 0.2) is 0 Å². The summed E-state index contributed by atoms with van der Waals surface area (Å²) in [4.78, 5) is 0. The van der Waals surface area contributed by atoms with Crippen LogP contribution in [0.15, 0.2) is 36.4 Å². The van der Waals surface area contributed by atoms with Gasteiger partial charge in [-0.2, -0.15) is 0 Å². The molecule has 0 atom stereocenters. The lowest BCUT2D eigenvalue weighted by Gasteiger charge is -1.99. The summed E-state index contributed by atoms with van der Waals surface area (Å²) in [6.45, 7) is 6.60. The third-order valence-electron chi connectivity index (χ3n) is 2.68. The lowest BCUT2D eigenvalue weighted by atomic mass is 10.1. The van der Waals surface area contributed by atoms with Crippen molar-refractivity contribution < 1.29 is 0 Å². The predicted molar refractivity (Wildman–Crippen MR) is 61.9 cm³/mol. The highest BCUT2D eigenvalue weighted by Crippen LogP contribution is 2.26. The summed E-state index contributed by atoms with van der Waals surface area (Å²) >= 11 is 0. The number of rotatable bonds is 1. The van der Waals surface area contributed by atoms with Gasteiger partial charge < -0.3 is 0 Å². The highest BCUT2D eigenvalue weighted by atomic mass is 14.1. The molecule has 2 aliphatic rings. The van der Waals surface area contributed by atoms with Gasteiger partial charge in [0.2, 0.25) is 0 Å². The van der Waals surface area contributed by atoms with Crippen LogP contribution in [0.5, 0.6) is 0 Å². The molecule has 0 N–H and O–H groups in total. The fourth-order valence-electron chi connectivity index (χ4n) is 1.80. The average Bonchev–Trinajstić information content (AvgIpc) is 2.34. The Balaban J connectivity index is 2.56. The second-order valence-electron chi connectivity index (χ2n) is 4.26. The SMILES string of the molecule is Cc1cc2ccc(C(C)C)ccc-2c1. The fourth-order valence-corrected chi connectivity index (χ4v) is 1.80. The molecule has 0 fully saturated rings. The van der Waals surface area contributed by atoms with E-state index in [1.807, 2.05) is 0 Å². The first kappa shape index (κ1) is 9.26. The molecule has 0 aliphatic heterocycles. The summed E-state index contributed by atoms with van der Waals surface area (Å²) in [5, 5.41) is 0. The lowest BCUT2D eigenvalue weighted by Crippen LogP contribution is -1.81. The third kappa shape index (κ3) is 1.65. The van der Waals surface area contributed by atoms with Gasteiger partial charge in [0.05, 0.1) is 0 Å². The molecule has 0 spiro atoms. The van der Waals surface area contributed by atoms with E-state index in [9.17, 15) is 0 Å². The molecule has 0 nitrogen and oxygen atoms in total. The molecule has 2 aliphatic carbocycles. The topological polar surface area (TPSA) is 0 Å².